The Morgan fingerprint density at radius 3 is 2.60 bits per heavy atom. The van der Waals surface area contributed by atoms with Crippen LogP contribution in [0.15, 0.2) is 0 Å². The summed E-state index contributed by atoms with van der Waals surface area (Å²) in [6, 6.07) is -0.00812. The Hall–Kier alpha value is -0.570. The van der Waals surface area contributed by atoms with Gasteiger partial charge in [-0.05, 0) is 24.2 Å². The van der Waals surface area contributed by atoms with Crippen LogP contribution in [-0.2, 0) is 4.79 Å². The van der Waals surface area contributed by atoms with Crippen LogP contribution in [0, 0.1) is 11.3 Å². The highest BCUT2D eigenvalue weighted by molar-refractivity contribution is 5.82. The lowest BCUT2D eigenvalue weighted by atomic mass is 9.87. The fourth-order valence-electron chi connectivity index (χ4n) is 1.78. The molecule has 0 aromatic heterocycles. The summed E-state index contributed by atoms with van der Waals surface area (Å²) in [5, 5.41) is 3.03. The van der Waals surface area contributed by atoms with E-state index >= 15 is 0 Å². The zero-order valence-corrected chi connectivity index (χ0v) is 10.3. The molecule has 1 fully saturated rings. The average molecular weight is 212 g/mol. The van der Waals surface area contributed by atoms with Gasteiger partial charge in [-0.15, -0.1) is 0 Å². The van der Waals surface area contributed by atoms with Crippen LogP contribution in [0.3, 0.4) is 0 Å². The molecule has 0 saturated heterocycles. The van der Waals surface area contributed by atoms with Crippen LogP contribution in [0.1, 0.15) is 47.0 Å². The van der Waals surface area contributed by atoms with Crippen molar-refractivity contribution in [3.8, 4) is 0 Å². The normalized spacial score (nSPS) is 27.3. The molecule has 3 atom stereocenters. The minimum Gasteiger partial charge on any atom is -0.352 e. The molecule has 3 heteroatoms. The molecule has 1 aliphatic carbocycles. The van der Waals surface area contributed by atoms with E-state index in [4.69, 9.17) is 5.73 Å². The molecule has 0 bridgehead atoms. The first kappa shape index (κ1) is 12.5. The van der Waals surface area contributed by atoms with Crippen molar-refractivity contribution in [2.75, 3.05) is 0 Å². The van der Waals surface area contributed by atoms with Crippen LogP contribution in [-0.4, -0.2) is 18.0 Å². The van der Waals surface area contributed by atoms with Gasteiger partial charge >= 0.3 is 0 Å². The molecule has 0 aromatic carbocycles. The summed E-state index contributed by atoms with van der Waals surface area (Å²) in [6.07, 6.45) is 3.55. The Morgan fingerprint density at radius 2 is 2.13 bits per heavy atom. The van der Waals surface area contributed by atoms with E-state index in [9.17, 15) is 4.79 Å². The van der Waals surface area contributed by atoms with E-state index in [-0.39, 0.29) is 11.3 Å². The number of rotatable bonds is 4. The highest BCUT2D eigenvalue weighted by Crippen LogP contribution is 2.34. The van der Waals surface area contributed by atoms with E-state index < -0.39 is 6.04 Å². The van der Waals surface area contributed by atoms with Gasteiger partial charge in [-0.1, -0.05) is 34.1 Å². The first-order valence-corrected chi connectivity index (χ1v) is 5.92. The van der Waals surface area contributed by atoms with Gasteiger partial charge in [-0.3, -0.25) is 4.79 Å². The summed E-state index contributed by atoms with van der Waals surface area (Å²) in [5.41, 5.74) is 5.72. The van der Waals surface area contributed by atoms with Crippen molar-refractivity contribution in [1.82, 2.24) is 5.32 Å². The predicted molar refractivity (Wildman–Crippen MR) is 62.4 cm³/mol. The fraction of sp³-hybridized carbons (Fsp3) is 0.917. The van der Waals surface area contributed by atoms with Crippen molar-refractivity contribution in [1.29, 1.82) is 0 Å². The number of amides is 1. The molecular formula is C12H24N2O. The van der Waals surface area contributed by atoms with Crippen molar-refractivity contribution in [2.24, 2.45) is 17.1 Å². The van der Waals surface area contributed by atoms with Crippen molar-refractivity contribution < 1.29 is 4.79 Å². The molecule has 3 N–H and O–H groups in total. The number of hydrogen-bond donors (Lipinski definition) is 2. The van der Waals surface area contributed by atoms with Gasteiger partial charge in [0.2, 0.25) is 5.91 Å². The molecule has 1 saturated carbocycles. The molecule has 0 aromatic rings. The smallest absolute Gasteiger partial charge is 0.237 e. The highest BCUT2D eigenvalue weighted by atomic mass is 16.2. The van der Waals surface area contributed by atoms with Crippen molar-refractivity contribution in [2.45, 2.75) is 59.0 Å². The Labute approximate surface area is 92.8 Å². The Bertz CT molecular complexity index is 232. The zero-order valence-electron chi connectivity index (χ0n) is 10.3. The summed E-state index contributed by atoms with van der Waals surface area (Å²) in [6.45, 7) is 8.16. The average Bonchev–Trinajstić information content (AvgIpc) is 2.81. The van der Waals surface area contributed by atoms with Gasteiger partial charge in [-0.25, -0.2) is 0 Å². The van der Waals surface area contributed by atoms with E-state index in [0.29, 0.717) is 12.0 Å². The van der Waals surface area contributed by atoms with Crippen molar-refractivity contribution in [3.05, 3.63) is 0 Å². The van der Waals surface area contributed by atoms with Gasteiger partial charge in [0.15, 0.2) is 0 Å². The summed E-state index contributed by atoms with van der Waals surface area (Å²) >= 11 is 0. The van der Waals surface area contributed by atoms with Crippen LogP contribution < -0.4 is 11.1 Å². The van der Waals surface area contributed by atoms with Crippen molar-refractivity contribution >= 4 is 5.91 Å². The van der Waals surface area contributed by atoms with E-state index in [1.807, 2.05) is 20.8 Å². The number of nitrogens with one attached hydrogen (secondary N) is 1. The Balaban J connectivity index is 2.32. The maximum Gasteiger partial charge on any atom is 0.237 e. The van der Waals surface area contributed by atoms with Crippen LogP contribution in [0.25, 0.3) is 0 Å². The second-order valence-corrected chi connectivity index (χ2v) is 5.74. The number of carbonyl (C=O) groups is 1. The van der Waals surface area contributed by atoms with E-state index in [0.717, 1.165) is 6.42 Å². The predicted octanol–water partition coefficient (Wildman–Crippen LogP) is 1.66. The van der Waals surface area contributed by atoms with Gasteiger partial charge in [0, 0.05) is 6.04 Å². The standard InChI is InChI=1S/C12H24N2O/c1-5-6-8-7-9(8)14-11(15)10(13)12(2,3)4/h8-10H,5-7,13H2,1-4H3,(H,14,15)/t8?,9?,10-/m0/s1. The van der Waals surface area contributed by atoms with Crippen LogP contribution in [0.5, 0.6) is 0 Å². The van der Waals surface area contributed by atoms with Gasteiger partial charge in [-0.2, -0.15) is 0 Å². The van der Waals surface area contributed by atoms with Gasteiger partial charge in [0.25, 0.3) is 0 Å². The molecule has 0 aliphatic heterocycles. The monoisotopic (exact) mass is 212 g/mol. The molecule has 1 aliphatic rings. The van der Waals surface area contributed by atoms with Crippen LogP contribution in [0.4, 0.5) is 0 Å². The molecule has 2 unspecified atom stereocenters. The third kappa shape index (κ3) is 3.49. The molecular weight excluding hydrogens is 188 g/mol. The van der Waals surface area contributed by atoms with Gasteiger partial charge < -0.3 is 11.1 Å². The number of carbonyl (C=O) groups excluding carboxylic acids is 1. The topological polar surface area (TPSA) is 55.1 Å². The maximum absolute atomic E-state index is 11.8. The quantitative estimate of drug-likeness (QED) is 0.744. The molecule has 15 heavy (non-hydrogen) atoms. The van der Waals surface area contributed by atoms with E-state index in [1.165, 1.54) is 12.8 Å². The lowest BCUT2D eigenvalue weighted by molar-refractivity contribution is -0.124. The number of hydrogen-bond acceptors (Lipinski definition) is 2. The lowest BCUT2D eigenvalue weighted by Gasteiger charge is -2.25. The maximum atomic E-state index is 11.8. The second-order valence-electron chi connectivity index (χ2n) is 5.74. The van der Waals surface area contributed by atoms with Gasteiger partial charge in [0.1, 0.15) is 0 Å². The molecule has 3 nitrogen and oxygen atoms in total. The van der Waals surface area contributed by atoms with Crippen LogP contribution in [0.2, 0.25) is 0 Å². The third-order valence-electron chi connectivity index (χ3n) is 3.13. The van der Waals surface area contributed by atoms with E-state index in [2.05, 4.69) is 12.2 Å². The zero-order chi connectivity index (χ0) is 11.6. The summed E-state index contributed by atoms with van der Waals surface area (Å²) in [4.78, 5) is 11.8. The summed E-state index contributed by atoms with van der Waals surface area (Å²) in [7, 11) is 0. The first-order chi connectivity index (χ1) is 6.86. The first-order valence-electron chi connectivity index (χ1n) is 5.92. The fourth-order valence-corrected chi connectivity index (χ4v) is 1.78. The molecule has 88 valence electrons. The second kappa shape index (κ2) is 4.52. The molecule has 0 spiro atoms. The number of nitrogens with two attached hydrogens (primary N) is 1. The Kier molecular flexibility index (Phi) is 3.77. The highest BCUT2D eigenvalue weighted by Gasteiger charge is 2.39. The third-order valence-corrected chi connectivity index (χ3v) is 3.13. The molecule has 1 amide bonds. The minimum absolute atomic E-state index is 0.00565. The SMILES string of the molecule is CCCC1CC1NC(=O)[C@H](N)C(C)(C)C. The molecule has 1 rings (SSSR count). The van der Waals surface area contributed by atoms with E-state index in [1.54, 1.807) is 0 Å². The molecule has 0 heterocycles. The lowest BCUT2D eigenvalue weighted by Crippen LogP contribution is -2.49. The van der Waals surface area contributed by atoms with Gasteiger partial charge in [0.05, 0.1) is 6.04 Å². The largest absolute Gasteiger partial charge is 0.352 e. The summed E-state index contributed by atoms with van der Waals surface area (Å²) in [5.74, 6) is 0.706. The Morgan fingerprint density at radius 1 is 1.53 bits per heavy atom. The van der Waals surface area contributed by atoms with Crippen LogP contribution >= 0.6 is 0 Å². The van der Waals surface area contributed by atoms with Crippen molar-refractivity contribution in [3.63, 3.8) is 0 Å². The molecule has 0 radical (unpaired) electrons. The minimum atomic E-state index is -0.402. The summed E-state index contributed by atoms with van der Waals surface area (Å²) < 4.78 is 0.